The van der Waals surface area contributed by atoms with Gasteiger partial charge in [0.2, 0.25) is 0 Å². The predicted molar refractivity (Wildman–Crippen MR) is 64.8 cm³/mol. The molecule has 0 aromatic rings. The SMILES string of the molecule is C=C(CN1CCCC2CCCCC21)[B-](F)(F)F.[K+]. The number of hydrogen-bond acceptors (Lipinski definition) is 1. The van der Waals surface area contributed by atoms with E-state index in [2.05, 4.69) is 6.58 Å². The fourth-order valence-electron chi connectivity index (χ4n) is 3.29. The van der Waals surface area contributed by atoms with Gasteiger partial charge in [-0.15, -0.1) is 12.1 Å². The van der Waals surface area contributed by atoms with Crippen molar-refractivity contribution in [2.45, 2.75) is 44.6 Å². The quantitative estimate of drug-likeness (QED) is 0.686. The molecule has 0 spiro atoms. The second-order valence-electron chi connectivity index (χ2n) is 5.46. The summed E-state index contributed by atoms with van der Waals surface area (Å²) in [6.45, 7) is -0.803. The van der Waals surface area contributed by atoms with Crippen molar-refractivity contribution in [2.75, 3.05) is 13.1 Å². The van der Waals surface area contributed by atoms with Crippen LogP contribution in [0.25, 0.3) is 0 Å². The molecule has 0 amide bonds. The number of halogens is 3. The Morgan fingerprint density at radius 3 is 2.39 bits per heavy atom. The molecule has 0 aromatic heterocycles. The van der Waals surface area contributed by atoms with E-state index in [0.717, 1.165) is 19.4 Å². The largest absolute Gasteiger partial charge is 1.00 e. The van der Waals surface area contributed by atoms with Crippen LogP contribution in [0.5, 0.6) is 0 Å². The van der Waals surface area contributed by atoms with Gasteiger partial charge in [0.25, 0.3) is 0 Å². The first kappa shape index (κ1) is 17.2. The molecule has 2 fully saturated rings. The summed E-state index contributed by atoms with van der Waals surface area (Å²) >= 11 is 0. The van der Waals surface area contributed by atoms with Crippen molar-refractivity contribution in [3.63, 3.8) is 0 Å². The maximum atomic E-state index is 12.6. The van der Waals surface area contributed by atoms with Gasteiger partial charge in [-0.25, -0.2) is 0 Å². The molecule has 1 saturated heterocycles. The monoisotopic (exact) mass is 285 g/mol. The van der Waals surface area contributed by atoms with Crippen LogP contribution in [-0.2, 0) is 0 Å². The molecule has 1 aliphatic heterocycles. The van der Waals surface area contributed by atoms with Crippen molar-refractivity contribution in [1.29, 1.82) is 0 Å². The van der Waals surface area contributed by atoms with E-state index in [-0.39, 0.29) is 57.9 Å². The first-order valence-corrected chi connectivity index (χ1v) is 6.60. The van der Waals surface area contributed by atoms with Gasteiger partial charge in [0.05, 0.1) is 0 Å². The molecule has 2 unspecified atom stereocenters. The van der Waals surface area contributed by atoms with Gasteiger partial charge in [0.15, 0.2) is 0 Å². The third-order valence-corrected chi connectivity index (χ3v) is 4.23. The normalized spacial score (nSPS) is 29.3. The van der Waals surface area contributed by atoms with Gasteiger partial charge in [0, 0.05) is 6.04 Å². The summed E-state index contributed by atoms with van der Waals surface area (Å²) in [5, 5.41) is 0. The molecule has 0 N–H and O–H groups in total. The minimum atomic E-state index is -4.87. The van der Waals surface area contributed by atoms with E-state index in [1.165, 1.54) is 25.7 Å². The molecular weight excluding hydrogens is 265 g/mol. The van der Waals surface area contributed by atoms with Crippen molar-refractivity contribution in [3.8, 4) is 0 Å². The fourth-order valence-corrected chi connectivity index (χ4v) is 3.29. The number of piperidine rings is 1. The number of rotatable bonds is 3. The van der Waals surface area contributed by atoms with Crippen LogP contribution in [0, 0.1) is 5.92 Å². The Hall–Kier alpha value is 1.19. The molecule has 2 rings (SSSR count). The first-order chi connectivity index (χ1) is 7.98. The zero-order chi connectivity index (χ0) is 12.5. The molecule has 0 bridgehead atoms. The minimum absolute atomic E-state index is 0. The summed E-state index contributed by atoms with van der Waals surface area (Å²) in [4.78, 5) is 2.03. The van der Waals surface area contributed by atoms with Crippen molar-refractivity contribution < 1.29 is 64.3 Å². The Morgan fingerprint density at radius 1 is 1.11 bits per heavy atom. The molecule has 0 radical (unpaired) electrons. The average Bonchev–Trinajstić information content (AvgIpc) is 2.28. The van der Waals surface area contributed by atoms with Gasteiger partial charge >= 0.3 is 58.4 Å². The summed E-state index contributed by atoms with van der Waals surface area (Å²) < 4.78 is 37.7. The van der Waals surface area contributed by atoms with E-state index in [9.17, 15) is 12.9 Å². The maximum absolute atomic E-state index is 12.6. The summed E-state index contributed by atoms with van der Waals surface area (Å²) in [5.41, 5.74) is -0.531. The Bertz CT molecular complexity index is 294. The second-order valence-corrected chi connectivity index (χ2v) is 5.46. The van der Waals surface area contributed by atoms with E-state index in [0.29, 0.717) is 12.0 Å². The summed E-state index contributed by atoms with van der Waals surface area (Å²) in [7, 11) is 0. The number of hydrogen-bond donors (Lipinski definition) is 0. The number of fused-ring (bicyclic) bond motifs is 1. The minimum Gasteiger partial charge on any atom is -0.445 e. The fraction of sp³-hybridized carbons (Fsp3) is 0.833. The van der Waals surface area contributed by atoms with Crippen LogP contribution in [0.4, 0.5) is 12.9 Å². The van der Waals surface area contributed by atoms with E-state index in [4.69, 9.17) is 0 Å². The van der Waals surface area contributed by atoms with E-state index in [1.54, 1.807) is 0 Å². The van der Waals surface area contributed by atoms with Crippen LogP contribution in [0.3, 0.4) is 0 Å². The van der Waals surface area contributed by atoms with Crippen molar-refractivity contribution in [1.82, 2.24) is 4.90 Å². The molecule has 2 aliphatic rings. The molecule has 0 aromatic carbocycles. The van der Waals surface area contributed by atoms with Gasteiger partial charge in [-0.1, -0.05) is 12.8 Å². The Kier molecular flexibility index (Phi) is 6.97. The van der Waals surface area contributed by atoms with E-state index >= 15 is 0 Å². The van der Waals surface area contributed by atoms with Crippen LogP contribution < -0.4 is 51.4 Å². The molecule has 18 heavy (non-hydrogen) atoms. The average molecular weight is 285 g/mol. The van der Waals surface area contributed by atoms with E-state index < -0.39 is 12.4 Å². The van der Waals surface area contributed by atoms with Crippen molar-refractivity contribution in [2.24, 2.45) is 5.92 Å². The molecule has 2 atom stereocenters. The van der Waals surface area contributed by atoms with E-state index in [1.807, 2.05) is 4.90 Å². The van der Waals surface area contributed by atoms with Gasteiger partial charge in [-0.2, -0.15) is 0 Å². The molecule has 1 saturated carbocycles. The van der Waals surface area contributed by atoms with Crippen LogP contribution in [-0.4, -0.2) is 31.0 Å². The standard InChI is InChI=1S/C12H20BF3N.K/c1-10(13(14,15)16)9-17-8-4-6-11-5-2-3-7-12(11)17;/h11-12H,1-9H2;/q-1;+1. The van der Waals surface area contributed by atoms with Crippen LogP contribution in [0.15, 0.2) is 12.1 Å². The van der Waals surface area contributed by atoms with Crippen LogP contribution in [0.1, 0.15) is 38.5 Å². The molecule has 1 nitrogen and oxygen atoms in total. The second kappa shape index (κ2) is 7.27. The Morgan fingerprint density at radius 2 is 1.72 bits per heavy atom. The van der Waals surface area contributed by atoms with Gasteiger partial charge in [-0.05, 0) is 44.7 Å². The maximum Gasteiger partial charge on any atom is 1.00 e. The summed E-state index contributed by atoms with van der Waals surface area (Å²) in [6.07, 6.45) is 6.93. The molecular formula is C12H20BF3KN. The molecule has 1 aliphatic carbocycles. The van der Waals surface area contributed by atoms with Crippen LogP contribution >= 0.6 is 0 Å². The molecule has 1 heterocycles. The Balaban J connectivity index is 0.00000162. The third-order valence-electron chi connectivity index (χ3n) is 4.23. The first-order valence-electron chi connectivity index (χ1n) is 6.60. The number of nitrogens with zero attached hydrogens (tertiary/aromatic N) is 1. The zero-order valence-electron chi connectivity index (χ0n) is 11.2. The smallest absolute Gasteiger partial charge is 0.445 e. The summed E-state index contributed by atoms with van der Waals surface area (Å²) in [6, 6.07) is 0.382. The Labute approximate surface area is 150 Å². The third kappa shape index (κ3) is 4.35. The molecule has 6 heteroatoms. The molecule has 98 valence electrons. The topological polar surface area (TPSA) is 3.24 Å². The van der Waals surface area contributed by atoms with Gasteiger partial charge in [-0.3, -0.25) is 4.90 Å². The van der Waals surface area contributed by atoms with Crippen molar-refractivity contribution in [3.05, 3.63) is 12.1 Å². The predicted octanol–water partition coefficient (Wildman–Crippen LogP) is 0.588. The van der Waals surface area contributed by atoms with Crippen LogP contribution in [0.2, 0.25) is 0 Å². The van der Waals surface area contributed by atoms with Gasteiger partial charge in [0.1, 0.15) is 0 Å². The zero-order valence-corrected chi connectivity index (χ0v) is 14.3. The van der Waals surface area contributed by atoms with Crippen molar-refractivity contribution >= 4 is 6.98 Å². The number of likely N-dealkylation sites (tertiary alicyclic amines) is 1. The summed E-state index contributed by atoms with van der Waals surface area (Å²) in [5.74, 6) is 0.631. The van der Waals surface area contributed by atoms with Gasteiger partial charge < -0.3 is 12.9 Å².